The van der Waals surface area contributed by atoms with Gasteiger partial charge in [-0.1, -0.05) is 50.6 Å². The molecule has 0 bridgehead atoms. The lowest BCUT2D eigenvalue weighted by Gasteiger charge is -2.33. The van der Waals surface area contributed by atoms with Gasteiger partial charge in [0.2, 0.25) is 53.2 Å². The van der Waals surface area contributed by atoms with Crippen LogP contribution in [0.2, 0.25) is 0 Å². The number of amides is 9. The van der Waals surface area contributed by atoms with Crippen LogP contribution in [-0.2, 0) is 49.6 Å². The number of carbonyl (C=O) groups is 9. The molecule has 21 N–H and O–H groups in total. The number of guanidine groups is 1. The number of H-pyrrole nitrogens is 1. The Kier molecular flexibility index (Phi) is 19.8. The number of nitrogens with one attached hydrogen (secondary N) is 8. The molecule has 1 aliphatic carbocycles. The van der Waals surface area contributed by atoms with E-state index in [2.05, 4.69) is 47.5 Å². The predicted octanol–water partition coefficient (Wildman–Crippen LogP) is -4.98. The van der Waals surface area contributed by atoms with E-state index < -0.39 is 127 Å². The summed E-state index contributed by atoms with van der Waals surface area (Å²) >= 11 is 0. The number of rotatable bonds is 27. The van der Waals surface area contributed by atoms with Crippen LogP contribution in [0.25, 0.3) is 10.9 Å². The number of para-hydroxylation sites is 1. The van der Waals surface area contributed by atoms with E-state index in [1.807, 2.05) is 36.4 Å². The minimum absolute atomic E-state index is 0.0111. The Morgan fingerprint density at radius 3 is 2.11 bits per heavy atom. The lowest BCUT2D eigenvalue weighted by Crippen LogP contribution is -2.61. The highest BCUT2D eigenvalue weighted by Crippen LogP contribution is 2.32. The number of aromatic nitrogens is 1. The SMILES string of the molecule is CC[C@H](C)[C@H](NC(=O)[C@H](CC(N)=O)NC(=O)[C@H](CC(N)=O)NC(=O)[C@@H](N)CCCN=C(N)N)C(=O)N1CC(C2=CN(C3=CCC=C3)NN2)C[C@H]1C(=O)N[C@@H](Cc1c[nH]c2ccccc12)C(=O)N[C@@H](CO)C(N)=O. The maximum absolute atomic E-state index is 15.1. The number of aliphatic hydroxyl groups excluding tert-OH is 1. The Morgan fingerprint density at radius 2 is 1.49 bits per heavy atom. The minimum Gasteiger partial charge on any atom is -0.394 e. The highest BCUT2D eigenvalue weighted by atomic mass is 16.3. The summed E-state index contributed by atoms with van der Waals surface area (Å²) in [6.07, 6.45) is 9.05. The second-order valence-corrected chi connectivity index (χ2v) is 18.1. The summed E-state index contributed by atoms with van der Waals surface area (Å²) in [4.78, 5) is 130. The summed E-state index contributed by atoms with van der Waals surface area (Å²) in [6, 6.07) is -2.92. The van der Waals surface area contributed by atoms with Gasteiger partial charge in [-0.05, 0) is 49.3 Å². The lowest BCUT2D eigenvalue weighted by molar-refractivity contribution is -0.144. The van der Waals surface area contributed by atoms with Gasteiger partial charge in [-0.3, -0.25) is 53.2 Å². The number of aromatic amines is 1. The fourth-order valence-corrected chi connectivity index (χ4v) is 8.47. The molecule has 1 fully saturated rings. The molecule has 0 spiro atoms. The van der Waals surface area contributed by atoms with E-state index >= 15 is 4.79 Å². The number of carbonyl (C=O) groups excluding carboxylic acids is 9. The van der Waals surface area contributed by atoms with Gasteiger partial charge in [0.1, 0.15) is 36.3 Å². The van der Waals surface area contributed by atoms with Crippen LogP contribution in [0.5, 0.6) is 0 Å². The number of benzene rings is 1. The zero-order valence-corrected chi connectivity index (χ0v) is 40.6. The van der Waals surface area contributed by atoms with E-state index in [1.165, 1.54) is 4.90 Å². The molecule has 27 nitrogen and oxygen atoms in total. The Morgan fingerprint density at radius 1 is 0.849 bits per heavy atom. The van der Waals surface area contributed by atoms with Crippen LogP contribution >= 0.6 is 0 Å². The van der Waals surface area contributed by atoms with E-state index in [1.54, 1.807) is 37.3 Å². The molecule has 3 heterocycles. The number of primary amides is 3. The fourth-order valence-electron chi connectivity index (χ4n) is 8.47. The van der Waals surface area contributed by atoms with Crippen LogP contribution in [0.3, 0.4) is 0 Å². The quantitative estimate of drug-likeness (QED) is 0.0226. The summed E-state index contributed by atoms with van der Waals surface area (Å²) < 4.78 is 0. The average Bonchev–Trinajstić information content (AvgIpc) is 4.20. The molecule has 1 saturated heterocycles. The van der Waals surface area contributed by atoms with Crippen molar-refractivity contribution in [1.82, 2.24) is 52.4 Å². The first-order chi connectivity index (χ1) is 34.7. The van der Waals surface area contributed by atoms with Crippen molar-refractivity contribution in [3.05, 3.63) is 71.8 Å². The molecule has 1 unspecified atom stereocenters. The molecule has 2 aliphatic heterocycles. The first-order valence-electron chi connectivity index (χ1n) is 23.7. The van der Waals surface area contributed by atoms with E-state index in [9.17, 15) is 43.5 Å². The first-order valence-corrected chi connectivity index (χ1v) is 23.7. The van der Waals surface area contributed by atoms with Crippen molar-refractivity contribution in [3.63, 3.8) is 0 Å². The number of nitrogens with two attached hydrogens (primary N) is 6. The third-order valence-corrected chi connectivity index (χ3v) is 12.7. The maximum atomic E-state index is 15.1. The molecule has 5 rings (SSSR count). The number of hydrogen-bond acceptors (Lipinski definition) is 15. The van der Waals surface area contributed by atoms with Crippen LogP contribution in [0, 0.1) is 11.8 Å². The van der Waals surface area contributed by atoms with E-state index in [-0.39, 0.29) is 44.7 Å². The van der Waals surface area contributed by atoms with Crippen LogP contribution in [0.15, 0.2) is 71.3 Å². The van der Waals surface area contributed by atoms with Crippen LogP contribution in [0.1, 0.15) is 64.4 Å². The topological polar surface area (TPSA) is 449 Å². The van der Waals surface area contributed by atoms with E-state index in [0.29, 0.717) is 24.1 Å². The zero-order chi connectivity index (χ0) is 53.5. The Labute approximate surface area is 420 Å². The van der Waals surface area contributed by atoms with Gasteiger partial charge in [-0.15, -0.1) is 5.53 Å². The molecule has 0 radical (unpaired) electrons. The summed E-state index contributed by atoms with van der Waals surface area (Å²) in [7, 11) is 0. The van der Waals surface area contributed by atoms with Gasteiger partial charge < -0.3 is 81.4 Å². The molecule has 3 aliphatic rings. The van der Waals surface area contributed by atoms with Crippen molar-refractivity contribution in [2.75, 3.05) is 19.7 Å². The summed E-state index contributed by atoms with van der Waals surface area (Å²) in [6.45, 7) is 2.67. The van der Waals surface area contributed by atoms with Crippen molar-refractivity contribution < 1.29 is 48.3 Å². The molecule has 27 heteroatoms. The normalized spacial score (nSPS) is 18.9. The number of nitrogens with zero attached hydrogens (tertiary/aromatic N) is 3. The number of hydrazine groups is 2. The lowest BCUT2D eigenvalue weighted by atomic mass is 9.96. The third-order valence-electron chi connectivity index (χ3n) is 12.7. The van der Waals surface area contributed by atoms with Crippen LogP contribution in [-0.4, -0.2) is 141 Å². The molecule has 396 valence electrons. The molecule has 1 aromatic heterocycles. The number of allylic oxidation sites excluding steroid dienone is 3. The van der Waals surface area contributed by atoms with Crippen LogP contribution in [0.4, 0.5) is 0 Å². The Bertz CT molecular complexity index is 2520. The summed E-state index contributed by atoms with van der Waals surface area (Å²) in [5.74, 6) is -9.78. The van der Waals surface area contributed by atoms with Crippen molar-refractivity contribution >= 4 is 70.0 Å². The fraction of sp³-hybridized carbons (Fsp3) is 0.478. The van der Waals surface area contributed by atoms with Gasteiger partial charge in [0.15, 0.2) is 5.96 Å². The zero-order valence-electron chi connectivity index (χ0n) is 40.6. The van der Waals surface area contributed by atoms with Crippen molar-refractivity contribution in [2.24, 2.45) is 51.2 Å². The molecule has 9 amide bonds. The van der Waals surface area contributed by atoms with Gasteiger partial charge >= 0.3 is 0 Å². The minimum atomic E-state index is -1.76. The first kappa shape index (κ1) is 55.9. The molecular weight excluding hydrogens is 951 g/mol. The molecule has 2 aromatic rings. The van der Waals surface area contributed by atoms with Crippen molar-refractivity contribution in [2.45, 2.75) is 108 Å². The highest BCUT2D eigenvalue weighted by Gasteiger charge is 2.46. The number of aliphatic imine (C=N–C) groups is 1. The van der Waals surface area contributed by atoms with Crippen molar-refractivity contribution in [1.29, 1.82) is 0 Å². The Hall–Kier alpha value is -8.04. The summed E-state index contributed by atoms with van der Waals surface area (Å²) in [5, 5.41) is 24.8. The van der Waals surface area contributed by atoms with Gasteiger partial charge in [0, 0.05) is 48.7 Å². The third kappa shape index (κ3) is 15.2. The molecule has 0 saturated carbocycles. The number of hydrogen-bond donors (Lipinski definition) is 15. The monoisotopic (exact) mass is 1020 g/mol. The summed E-state index contributed by atoms with van der Waals surface area (Å²) in [5.41, 5.74) is 42.0. The number of aliphatic hydroxyl groups is 1. The molecule has 1 aromatic carbocycles. The molecular formula is C46H67N17O10. The second kappa shape index (κ2) is 25.9. The second-order valence-electron chi connectivity index (χ2n) is 18.1. The highest BCUT2D eigenvalue weighted by molar-refractivity contribution is 6.00. The predicted molar refractivity (Wildman–Crippen MR) is 265 cm³/mol. The van der Waals surface area contributed by atoms with Crippen LogP contribution < -0.4 is 71.9 Å². The standard InChI is InChI=1S/C46H67N17O10/c1-3-23(2)38(59-43(71)32(18-37(49)66)56-42(70)31(17-36(48)65)55-40(68)28(47)12-8-14-53-46(51)52)45(73)62-20-25(33-21-63(61-60-33)26-9-4-5-10-26)16-35(62)44(72)57-30(41(69)58-34(22-64)39(50)67)15-24-19-54-29-13-7-6-11-27(24)29/h4,6-7,9-11,13,19,21,23,25,28,30-32,34-35,38,54,60-61,64H,3,5,8,12,14-18,20,22,47H2,1-2H3,(H2,48,65)(H2,49,66)(H2,50,67)(H,55,68)(H,56,70)(H,57,72)(H,58,69)(H,59,71)(H4,51,52,53)/t23-,25?,28-,30-,31-,32-,34-,35-,38-/m0/s1. The molecule has 9 atom stereocenters. The van der Waals surface area contributed by atoms with Crippen molar-refractivity contribution in [3.8, 4) is 0 Å². The number of likely N-dealkylation sites (tertiary alicyclic amines) is 1. The van der Waals surface area contributed by atoms with Gasteiger partial charge in [-0.25, -0.2) is 0 Å². The van der Waals surface area contributed by atoms with Gasteiger partial charge in [0.05, 0.1) is 36.9 Å². The van der Waals surface area contributed by atoms with Gasteiger partial charge in [0.25, 0.3) is 0 Å². The average molecular weight is 1020 g/mol. The number of fused-ring (bicyclic) bond motifs is 1. The molecule has 73 heavy (non-hydrogen) atoms. The maximum Gasteiger partial charge on any atom is 0.246 e. The van der Waals surface area contributed by atoms with Gasteiger partial charge in [-0.2, -0.15) is 0 Å². The smallest absolute Gasteiger partial charge is 0.246 e. The largest absolute Gasteiger partial charge is 0.394 e. The van der Waals surface area contributed by atoms with E-state index in [0.717, 1.165) is 16.6 Å². The Balaban J connectivity index is 1.43. The van der Waals surface area contributed by atoms with E-state index in [4.69, 9.17) is 34.4 Å².